The molecule has 0 bridgehead atoms. The smallest absolute Gasteiger partial charge is 0.0546 e. The van der Waals surface area contributed by atoms with Gasteiger partial charge in [-0.1, -0.05) is 13.3 Å². The molecule has 1 rings (SSSR count). The summed E-state index contributed by atoms with van der Waals surface area (Å²) in [4.78, 5) is 0. The van der Waals surface area contributed by atoms with Gasteiger partial charge in [0.15, 0.2) is 0 Å². The van der Waals surface area contributed by atoms with Gasteiger partial charge in [-0.15, -0.1) is 0 Å². The highest BCUT2D eigenvalue weighted by Gasteiger charge is 2.33. The predicted molar refractivity (Wildman–Crippen MR) is 55.3 cm³/mol. The van der Waals surface area contributed by atoms with E-state index >= 15 is 0 Å². The van der Waals surface area contributed by atoms with Gasteiger partial charge in [0.1, 0.15) is 0 Å². The summed E-state index contributed by atoms with van der Waals surface area (Å²) in [7, 11) is 0. The van der Waals surface area contributed by atoms with Crippen LogP contribution in [0.3, 0.4) is 0 Å². The second-order valence-electron chi connectivity index (χ2n) is 4.18. The highest BCUT2D eigenvalue weighted by atomic mass is 16.5. The second kappa shape index (κ2) is 6.38. The third kappa shape index (κ3) is 3.56. The monoisotopic (exact) mass is 202 g/mol. The van der Waals surface area contributed by atoms with Crippen molar-refractivity contribution in [2.45, 2.75) is 32.6 Å². The van der Waals surface area contributed by atoms with Gasteiger partial charge in [0.25, 0.3) is 0 Å². The van der Waals surface area contributed by atoms with Crippen molar-refractivity contribution in [1.82, 2.24) is 0 Å². The fraction of sp³-hybridized carbons (Fsp3) is 1.00. The van der Waals surface area contributed by atoms with E-state index in [1.807, 2.05) is 0 Å². The van der Waals surface area contributed by atoms with E-state index in [1.165, 1.54) is 6.42 Å². The summed E-state index contributed by atoms with van der Waals surface area (Å²) in [6.45, 7) is 5.46. The van der Waals surface area contributed by atoms with E-state index in [9.17, 15) is 5.11 Å². The maximum absolute atomic E-state index is 9.28. The van der Waals surface area contributed by atoms with Crippen molar-refractivity contribution >= 4 is 0 Å². The molecule has 0 amide bonds. The molecule has 0 radical (unpaired) electrons. The van der Waals surface area contributed by atoms with E-state index in [-0.39, 0.29) is 12.0 Å². The molecule has 1 unspecified atom stereocenters. The molecule has 1 aliphatic heterocycles. The van der Waals surface area contributed by atoms with Gasteiger partial charge in [0, 0.05) is 25.2 Å². The number of unbranched alkanes of at least 4 members (excludes halogenated alkanes) is 1. The van der Waals surface area contributed by atoms with E-state index in [0.29, 0.717) is 6.61 Å². The average Bonchev–Trinajstić information content (AvgIpc) is 2.67. The van der Waals surface area contributed by atoms with Gasteiger partial charge < -0.3 is 14.6 Å². The van der Waals surface area contributed by atoms with Crippen LogP contribution in [0.5, 0.6) is 0 Å². The molecule has 3 heteroatoms. The SMILES string of the molecule is CCCCOCCC1(CO)CCOC1. The standard InChI is InChI=1S/C11H22O3/c1-2-3-6-13-7-4-11(9-12)5-8-14-10-11/h12H,2-10H2,1H3. The van der Waals surface area contributed by atoms with Crippen LogP contribution >= 0.6 is 0 Å². The highest BCUT2D eigenvalue weighted by Crippen LogP contribution is 2.31. The van der Waals surface area contributed by atoms with Crippen molar-refractivity contribution in [3.8, 4) is 0 Å². The van der Waals surface area contributed by atoms with Crippen molar-refractivity contribution in [3.05, 3.63) is 0 Å². The minimum Gasteiger partial charge on any atom is -0.396 e. The fourth-order valence-electron chi connectivity index (χ4n) is 1.69. The number of hydrogen-bond acceptors (Lipinski definition) is 3. The Morgan fingerprint density at radius 1 is 1.43 bits per heavy atom. The third-order valence-corrected chi connectivity index (χ3v) is 2.94. The zero-order valence-electron chi connectivity index (χ0n) is 9.13. The van der Waals surface area contributed by atoms with Gasteiger partial charge in [0.2, 0.25) is 0 Å². The molecule has 0 aromatic carbocycles. The molecule has 1 saturated heterocycles. The Hall–Kier alpha value is -0.120. The Morgan fingerprint density at radius 3 is 2.86 bits per heavy atom. The lowest BCUT2D eigenvalue weighted by atomic mass is 9.85. The molecule has 0 aliphatic carbocycles. The summed E-state index contributed by atoms with van der Waals surface area (Å²) < 4.78 is 10.8. The Morgan fingerprint density at radius 2 is 2.29 bits per heavy atom. The molecule has 0 aromatic heterocycles. The van der Waals surface area contributed by atoms with Crippen LogP contribution in [0.4, 0.5) is 0 Å². The second-order valence-corrected chi connectivity index (χ2v) is 4.18. The van der Waals surface area contributed by atoms with Crippen molar-refractivity contribution in [1.29, 1.82) is 0 Å². The van der Waals surface area contributed by atoms with Crippen molar-refractivity contribution in [2.75, 3.05) is 33.0 Å². The minimum atomic E-state index is -0.00772. The molecular formula is C11H22O3. The van der Waals surface area contributed by atoms with E-state index in [4.69, 9.17) is 9.47 Å². The maximum Gasteiger partial charge on any atom is 0.0546 e. The lowest BCUT2D eigenvalue weighted by Crippen LogP contribution is -2.27. The number of rotatable bonds is 7. The van der Waals surface area contributed by atoms with Crippen molar-refractivity contribution in [2.24, 2.45) is 5.41 Å². The molecule has 1 N–H and O–H groups in total. The van der Waals surface area contributed by atoms with Gasteiger partial charge >= 0.3 is 0 Å². The number of ether oxygens (including phenoxy) is 2. The van der Waals surface area contributed by atoms with Crippen LogP contribution in [0.1, 0.15) is 32.6 Å². The number of aliphatic hydroxyl groups excluding tert-OH is 1. The lowest BCUT2D eigenvalue weighted by molar-refractivity contribution is 0.0450. The van der Waals surface area contributed by atoms with E-state index in [1.54, 1.807) is 0 Å². The molecule has 84 valence electrons. The zero-order valence-corrected chi connectivity index (χ0v) is 9.13. The lowest BCUT2D eigenvalue weighted by Gasteiger charge is -2.24. The molecular weight excluding hydrogens is 180 g/mol. The first-order valence-corrected chi connectivity index (χ1v) is 5.59. The molecule has 1 fully saturated rings. The topological polar surface area (TPSA) is 38.7 Å². The van der Waals surface area contributed by atoms with Crippen LogP contribution in [0.15, 0.2) is 0 Å². The number of aliphatic hydroxyl groups is 1. The molecule has 1 atom stereocenters. The van der Waals surface area contributed by atoms with Crippen LogP contribution in [-0.4, -0.2) is 38.1 Å². The van der Waals surface area contributed by atoms with Gasteiger partial charge in [-0.2, -0.15) is 0 Å². The summed E-state index contributed by atoms with van der Waals surface area (Å²) in [6.07, 6.45) is 4.20. The normalized spacial score (nSPS) is 27.0. The molecule has 3 nitrogen and oxygen atoms in total. The summed E-state index contributed by atoms with van der Waals surface area (Å²) in [5, 5.41) is 9.28. The van der Waals surface area contributed by atoms with Crippen LogP contribution in [-0.2, 0) is 9.47 Å². The average molecular weight is 202 g/mol. The molecule has 0 spiro atoms. The summed E-state index contributed by atoms with van der Waals surface area (Å²) in [5.41, 5.74) is -0.00772. The highest BCUT2D eigenvalue weighted by molar-refractivity contribution is 4.82. The minimum absolute atomic E-state index is 0.00772. The largest absolute Gasteiger partial charge is 0.396 e. The van der Waals surface area contributed by atoms with E-state index in [2.05, 4.69) is 6.92 Å². The Labute approximate surface area is 86.4 Å². The van der Waals surface area contributed by atoms with Crippen LogP contribution in [0.2, 0.25) is 0 Å². The number of hydrogen-bond donors (Lipinski definition) is 1. The van der Waals surface area contributed by atoms with Gasteiger partial charge in [0.05, 0.1) is 13.2 Å². The summed E-state index contributed by atoms with van der Waals surface area (Å²) >= 11 is 0. The molecule has 1 aliphatic rings. The predicted octanol–water partition coefficient (Wildman–Crippen LogP) is 1.59. The summed E-state index contributed by atoms with van der Waals surface area (Å²) in [5.74, 6) is 0. The van der Waals surface area contributed by atoms with Gasteiger partial charge in [-0.3, -0.25) is 0 Å². The Balaban J connectivity index is 2.08. The van der Waals surface area contributed by atoms with Gasteiger partial charge in [-0.05, 0) is 19.3 Å². The third-order valence-electron chi connectivity index (χ3n) is 2.94. The first kappa shape index (κ1) is 12.0. The fourth-order valence-corrected chi connectivity index (χ4v) is 1.69. The van der Waals surface area contributed by atoms with Crippen LogP contribution < -0.4 is 0 Å². The molecule has 14 heavy (non-hydrogen) atoms. The van der Waals surface area contributed by atoms with Crippen molar-refractivity contribution < 1.29 is 14.6 Å². The molecule has 0 saturated carbocycles. The Kier molecular flexibility index (Phi) is 5.45. The van der Waals surface area contributed by atoms with Crippen LogP contribution in [0.25, 0.3) is 0 Å². The molecule has 0 aromatic rings. The summed E-state index contributed by atoms with van der Waals surface area (Å²) in [6, 6.07) is 0. The quantitative estimate of drug-likeness (QED) is 0.637. The van der Waals surface area contributed by atoms with E-state index in [0.717, 1.165) is 39.1 Å². The van der Waals surface area contributed by atoms with Gasteiger partial charge in [-0.25, -0.2) is 0 Å². The van der Waals surface area contributed by atoms with Crippen molar-refractivity contribution in [3.63, 3.8) is 0 Å². The van der Waals surface area contributed by atoms with Crippen LogP contribution in [0, 0.1) is 5.41 Å². The Bertz CT molecular complexity index is 141. The first-order chi connectivity index (χ1) is 6.83. The zero-order chi connectivity index (χ0) is 10.3. The molecule has 1 heterocycles. The van der Waals surface area contributed by atoms with E-state index < -0.39 is 0 Å². The first-order valence-electron chi connectivity index (χ1n) is 5.59. The maximum atomic E-state index is 9.28.